The van der Waals surface area contributed by atoms with Gasteiger partial charge in [0.1, 0.15) is 10.0 Å². The first-order valence-electron chi connectivity index (χ1n) is 7.32. The summed E-state index contributed by atoms with van der Waals surface area (Å²) < 4.78 is 0. The summed E-state index contributed by atoms with van der Waals surface area (Å²) in [5.74, 6) is 0.583. The molecule has 0 amide bonds. The van der Waals surface area contributed by atoms with E-state index in [1.165, 1.54) is 10.0 Å². The molecule has 1 aromatic heterocycles. The number of hydrogen-bond donors (Lipinski definition) is 1. The average molecular weight is 281 g/mol. The van der Waals surface area contributed by atoms with Crippen molar-refractivity contribution in [3.8, 4) is 0 Å². The molecule has 108 valence electrons. The van der Waals surface area contributed by atoms with Gasteiger partial charge in [-0.3, -0.25) is 0 Å². The van der Waals surface area contributed by atoms with Crippen LogP contribution >= 0.6 is 11.3 Å². The van der Waals surface area contributed by atoms with E-state index in [4.69, 9.17) is 0 Å². The first-order chi connectivity index (χ1) is 8.76. The van der Waals surface area contributed by atoms with Gasteiger partial charge < -0.3 is 5.32 Å². The fourth-order valence-corrected chi connectivity index (χ4v) is 4.29. The van der Waals surface area contributed by atoms with E-state index >= 15 is 0 Å². The minimum atomic E-state index is 0.364. The van der Waals surface area contributed by atoms with Gasteiger partial charge in [-0.1, -0.05) is 41.5 Å². The highest BCUT2D eigenvalue weighted by molar-refractivity contribution is 7.11. The van der Waals surface area contributed by atoms with Crippen molar-refractivity contribution in [3.63, 3.8) is 0 Å². The highest BCUT2D eigenvalue weighted by Crippen LogP contribution is 2.73. The molecule has 19 heavy (non-hydrogen) atoms. The fourth-order valence-electron chi connectivity index (χ4n) is 2.93. The second-order valence-electron chi connectivity index (χ2n) is 7.12. The molecule has 1 aliphatic carbocycles. The Kier molecular flexibility index (Phi) is 4.03. The third-order valence-corrected chi connectivity index (χ3v) is 5.92. The lowest BCUT2D eigenvalue weighted by atomic mass is 10.0. The summed E-state index contributed by atoms with van der Waals surface area (Å²) in [6.45, 7) is 14.8. The lowest BCUT2D eigenvalue weighted by Crippen LogP contribution is -2.23. The predicted octanol–water partition coefficient (Wildman–Crippen LogP) is 3.62. The molecule has 1 aromatic rings. The normalized spacial score (nSPS) is 21.0. The Balaban J connectivity index is 1.87. The maximum atomic E-state index is 4.43. The van der Waals surface area contributed by atoms with Crippen molar-refractivity contribution in [2.45, 2.75) is 66.3 Å². The molecular formula is C15H27N3S. The maximum absolute atomic E-state index is 4.43. The minimum Gasteiger partial charge on any atom is -0.315 e. The van der Waals surface area contributed by atoms with Crippen LogP contribution < -0.4 is 5.32 Å². The van der Waals surface area contributed by atoms with Gasteiger partial charge in [-0.15, -0.1) is 21.5 Å². The number of rotatable bonds is 6. The Morgan fingerprint density at radius 2 is 1.79 bits per heavy atom. The van der Waals surface area contributed by atoms with Gasteiger partial charge in [0.05, 0.1) is 0 Å². The van der Waals surface area contributed by atoms with Crippen molar-refractivity contribution in [2.75, 3.05) is 6.54 Å². The fraction of sp³-hybridized carbons (Fsp3) is 0.867. The molecule has 0 spiro atoms. The molecular weight excluding hydrogens is 254 g/mol. The molecule has 0 unspecified atom stereocenters. The van der Waals surface area contributed by atoms with Gasteiger partial charge in [0.2, 0.25) is 0 Å². The summed E-state index contributed by atoms with van der Waals surface area (Å²) in [5, 5.41) is 14.7. The third kappa shape index (κ3) is 2.84. The summed E-state index contributed by atoms with van der Waals surface area (Å²) >= 11 is 1.82. The van der Waals surface area contributed by atoms with E-state index in [0.717, 1.165) is 19.4 Å². The van der Waals surface area contributed by atoms with Crippen LogP contribution in [0.4, 0.5) is 0 Å². The van der Waals surface area contributed by atoms with Crippen LogP contribution in [-0.2, 0) is 6.42 Å². The second kappa shape index (κ2) is 5.13. The van der Waals surface area contributed by atoms with Crippen LogP contribution in [0, 0.1) is 10.8 Å². The molecule has 1 aliphatic rings. The molecule has 4 heteroatoms. The van der Waals surface area contributed by atoms with Crippen LogP contribution in [0.25, 0.3) is 0 Å². The summed E-state index contributed by atoms with van der Waals surface area (Å²) in [4.78, 5) is 0. The van der Waals surface area contributed by atoms with E-state index < -0.39 is 0 Å². The van der Waals surface area contributed by atoms with Crippen molar-refractivity contribution in [2.24, 2.45) is 10.8 Å². The molecule has 1 fully saturated rings. The molecule has 0 atom stereocenters. The van der Waals surface area contributed by atoms with Crippen LogP contribution in [0.15, 0.2) is 0 Å². The largest absolute Gasteiger partial charge is 0.315 e. The van der Waals surface area contributed by atoms with Crippen LogP contribution in [0.5, 0.6) is 0 Å². The second-order valence-corrected chi connectivity index (χ2v) is 8.22. The zero-order valence-corrected chi connectivity index (χ0v) is 13.9. The SMILES string of the molecule is CC(C)NCCCc1nnc(C2C(C)(C)C2(C)C)s1. The van der Waals surface area contributed by atoms with Crippen LogP contribution in [-0.4, -0.2) is 22.8 Å². The van der Waals surface area contributed by atoms with Gasteiger partial charge in [0.15, 0.2) is 0 Å². The monoisotopic (exact) mass is 281 g/mol. The van der Waals surface area contributed by atoms with E-state index in [0.29, 0.717) is 22.8 Å². The number of nitrogens with zero attached hydrogens (tertiary/aromatic N) is 2. The van der Waals surface area contributed by atoms with Crippen LogP contribution in [0.2, 0.25) is 0 Å². The number of aromatic nitrogens is 2. The molecule has 0 saturated heterocycles. The number of aryl methyl sites for hydroxylation is 1. The van der Waals surface area contributed by atoms with E-state index in [1.54, 1.807) is 0 Å². The maximum Gasteiger partial charge on any atom is 0.121 e. The van der Waals surface area contributed by atoms with E-state index in [2.05, 4.69) is 57.1 Å². The molecule has 0 aliphatic heterocycles. The van der Waals surface area contributed by atoms with Gasteiger partial charge in [0.25, 0.3) is 0 Å². The molecule has 0 aromatic carbocycles. The van der Waals surface area contributed by atoms with Crippen molar-refractivity contribution < 1.29 is 0 Å². The summed E-state index contributed by atoms with van der Waals surface area (Å²) in [5.41, 5.74) is 0.728. The molecule has 0 radical (unpaired) electrons. The zero-order valence-electron chi connectivity index (χ0n) is 13.1. The van der Waals surface area contributed by atoms with Crippen molar-refractivity contribution in [1.29, 1.82) is 0 Å². The van der Waals surface area contributed by atoms with E-state index in [-0.39, 0.29) is 0 Å². The molecule has 3 nitrogen and oxygen atoms in total. The average Bonchev–Trinajstić information content (AvgIpc) is 2.66. The van der Waals surface area contributed by atoms with Gasteiger partial charge in [-0.25, -0.2) is 0 Å². The molecule has 1 N–H and O–H groups in total. The zero-order chi connectivity index (χ0) is 14.3. The van der Waals surface area contributed by atoms with E-state index in [1.807, 2.05) is 11.3 Å². The van der Waals surface area contributed by atoms with Gasteiger partial charge >= 0.3 is 0 Å². The first kappa shape index (κ1) is 14.9. The summed E-state index contributed by atoms with van der Waals surface area (Å²) in [6, 6.07) is 0.568. The Hall–Kier alpha value is -0.480. The smallest absolute Gasteiger partial charge is 0.121 e. The minimum absolute atomic E-state index is 0.364. The number of hydrogen-bond acceptors (Lipinski definition) is 4. The Morgan fingerprint density at radius 1 is 1.16 bits per heavy atom. The van der Waals surface area contributed by atoms with Gasteiger partial charge in [-0.05, 0) is 23.8 Å². The van der Waals surface area contributed by atoms with Crippen LogP contribution in [0.1, 0.15) is 63.9 Å². The Labute approximate surface area is 121 Å². The molecule has 0 bridgehead atoms. The Bertz CT molecular complexity index is 420. The standard InChI is InChI=1S/C15H27N3S/c1-10(2)16-9-7-8-11-17-18-13(19-11)12-14(3,4)15(12,5)6/h10,12,16H,7-9H2,1-6H3. The van der Waals surface area contributed by atoms with E-state index in [9.17, 15) is 0 Å². The van der Waals surface area contributed by atoms with Crippen molar-refractivity contribution in [3.05, 3.63) is 10.0 Å². The lowest BCUT2D eigenvalue weighted by molar-refractivity contribution is 0.457. The predicted molar refractivity (Wildman–Crippen MR) is 81.7 cm³/mol. The topological polar surface area (TPSA) is 37.8 Å². The first-order valence-corrected chi connectivity index (χ1v) is 8.14. The van der Waals surface area contributed by atoms with Crippen molar-refractivity contribution in [1.82, 2.24) is 15.5 Å². The molecule has 2 rings (SSSR count). The molecule has 1 saturated carbocycles. The summed E-state index contributed by atoms with van der Waals surface area (Å²) in [6.07, 6.45) is 2.19. The highest BCUT2D eigenvalue weighted by Gasteiger charge is 2.66. The third-order valence-electron chi connectivity index (χ3n) is 4.87. The Morgan fingerprint density at radius 3 is 2.32 bits per heavy atom. The highest BCUT2D eigenvalue weighted by atomic mass is 32.1. The quantitative estimate of drug-likeness (QED) is 0.809. The number of nitrogens with one attached hydrogen (secondary N) is 1. The summed E-state index contributed by atoms with van der Waals surface area (Å²) in [7, 11) is 0. The lowest BCUT2D eigenvalue weighted by Gasteiger charge is -2.05. The van der Waals surface area contributed by atoms with Gasteiger partial charge in [0, 0.05) is 18.4 Å². The molecule has 1 heterocycles. The van der Waals surface area contributed by atoms with Crippen LogP contribution in [0.3, 0.4) is 0 Å². The van der Waals surface area contributed by atoms with Crippen molar-refractivity contribution >= 4 is 11.3 Å². The van der Waals surface area contributed by atoms with Gasteiger partial charge in [-0.2, -0.15) is 0 Å².